The van der Waals surface area contributed by atoms with Crippen LogP contribution < -0.4 is 14.2 Å². The lowest BCUT2D eigenvalue weighted by Crippen LogP contribution is -2.14. The molecule has 2 aromatic carbocycles. The summed E-state index contributed by atoms with van der Waals surface area (Å²) in [6.45, 7) is 5.18. The van der Waals surface area contributed by atoms with Gasteiger partial charge in [-0.25, -0.2) is 9.59 Å². The van der Waals surface area contributed by atoms with Crippen LogP contribution in [-0.4, -0.2) is 29.8 Å². The summed E-state index contributed by atoms with van der Waals surface area (Å²) in [7, 11) is 0. The Kier molecular flexibility index (Phi) is 7.03. The van der Waals surface area contributed by atoms with Crippen LogP contribution in [0.2, 0.25) is 0 Å². The summed E-state index contributed by atoms with van der Waals surface area (Å²) < 4.78 is 19.6. The second kappa shape index (κ2) is 9.46. The van der Waals surface area contributed by atoms with E-state index in [-0.39, 0.29) is 28.4 Å². The Bertz CT molecular complexity index is 1000. The van der Waals surface area contributed by atoms with Crippen molar-refractivity contribution in [3.63, 3.8) is 0 Å². The van der Waals surface area contributed by atoms with Gasteiger partial charge in [-0.1, -0.05) is 0 Å². The molecule has 0 aliphatic carbocycles. The van der Waals surface area contributed by atoms with Crippen molar-refractivity contribution in [3.05, 3.63) is 53.1 Å². The first-order chi connectivity index (χ1) is 14.0. The SMILES string of the molecule is CC(=O)Oc1cc(C)cc(C(=O)OC(=O)c2cc(OC(C)=O)cc(OC(C)=O)c2)c1. The fourth-order valence-corrected chi connectivity index (χ4v) is 2.43. The van der Waals surface area contributed by atoms with Crippen molar-refractivity contribution < 1.29 is 42.9 Å². The topological polar surface area (TPSA) is 122 Å². The average Bonchev–Trinajstić information content (AvgIpc) is 2.59. The Labute approximate surface area is 171 Å². The summed E-state index contributed by atoms with van der Waals surface area (Å²) in [6.07, 6.45) is 0. The molecule has 0 atom stereocenters. The van der Waals surface area contributed by atoms with Gasteiger partial charge in [-0.3, -0.25) is 14.4 Å². The molecule has 0 bridgehead atoms. The molecule has 0 aromatic heterocycles. The summed E-state index contributed by atoms with van der Waals surface area (Å²) in [4.78, 5) is 58.3. The van der Waals surface area contributed by atoms with E-state index in [2.05, 4.69) is 0 Å². The minimum atomic E-state index is -1.07. The molecule has 2 aromatic rings. The third-order valence-corrected chi connectivity index (χ3v) is 3.37. The number of rotatable bonds is 5. The first kappa shape index (κ1) is 22.3. The van der Waals surface area contributed by atoms with E-state index < -0.39 is 29.8 Å². The van der Waals surface area contributed by atoms with E-state index in [1.165, 1.54) is 31.2 Å². The van der Waals surface area contributed by atoms with E-state index in [4.69, 9.17) is 18.9 Å². The zero-order valence-electron chi connectivity index (χ0n) is 16.6. The highest BCUT2D eigenvalue weighted by molar-refractivity contribution is 6.03. The normalized spacial score (nSPS) is 10.0. The highest BCUT2D eigenvalue weighted by Gasteiger charge is 2.19. The Hall–Kier alpha value is -4.01. The highest BCUT2D eigenvalue weighted by atomic mass is 16.6. The quantitative estimate of drug-likeness (QED) is 0.413. The Morgan fingerprint density at radius 2 is 0.933 bits per heavy atom. The van der Waals surface area contributed by atoms with Crippen molar-refractivity contribution in [1.82, 2.24) is 0 Å². The van der Waals surface area contributed by atoms with Gasteiger partial charge in [-0.2, -0.15) is 0 Å². The molecule has 0 spiro atoms. The van der Waals surface area contributed by atoms with Gasteiger partial charge in [0.2, 0.25) is 0 Å². The highest BCUT2D eigenvalue weighted by Crippen LogP contribution is 2.25. The summed E-state index contributed by atoms with van der Waals surface area (Å²) in [5, 5.41) is 0. The number of esters is 5. The van der Waals surface area contributed by atoms with Gasteiger partial charge in [0.1, 0.15) is 17.2 Å². The molecule has 0 saturated heterocycles. The smallest absolute Gasteiger partial charge is 0.346 e. The average molecular weight is 414 g/mol. The van der Waals surface area contributed by atoms with Crippen LogP contribution in [0.1, 0.15) is 47.1 Å². The Morgan fingerprint density at radius 3 is 1.33 bits per heavy atom. The van der Waals surface area contributed by atoms with Gasteiger partial charge in [0.15, 0.2) is 0 Å². The first-order valence-electron chi connectivity index (χ1n) is 8.62. The Balaban J connectivity index is 2.29. The summed E-state index contributed by atoms with van der Waals surface area (Å²) in [6, 6.07) is 7.78. The summed E-state index contributed by atoms with van der Waals surface area (Å²) in [5.41, 5.74) is 0.393. The van der Waals surface area contributed by atoms with E-state index in [9.17, 15) is 24.0 Å². The van der Waals surface area contributed by atoms with E-state index in [0.29, 0.717) is 5.56 Å². The van der Waals surface area contributed by atoms with Crippen LogP contribution in [0.5, 0.6) is 17.2 Å². The molecule has 0 fully saturated rings. The van der Waals surface area contributed by atoms with Gasteiger partial charge in [0.05, 0.1) is 11.1 Å². The number of hydrogen-bond acceptors (Lipinski definition) is 9. The predicted molar refractivity (Wildman–Crippen MR) is 101 cm³/mol. The molecule has 0 unspecified atom stereocenters. The number of ether oxygens (including phenoxy) is 4. The van der Waals surface area contributed by atoms with Crippen LogP contribution in [0.25, 0.3) is 0 Å². The van der Waals surface area contributed by atoms with Crippen LogP contribution in [0.15, 0.2) is 36.4 Å². The van der Waals surface area contributed by atoms with Gasteiger partial charge >= 0.3 is 29.8 Å². The van der Waals surface area contributed by atoms with Gasteiger partial charge in [-0.05, 0) is 42.8 Å². The van der Waals surface area contributed by atoms with Crippen molar-refractivity contribution in [2.24, 2.45) is 0 Å². The molecule has 0 heterocycles. The van der Waals surface area contributed by atoms with Gasteiger partial charge in [0.25, 0.3) is 0 Å². The number of carbonyl (C=O) groups is 5. The third kappa shape index (κ3) is 6.55. The summed E-state index contributed by atoms with van der Waals surface area (Å²) >= 11 is 0. The van der Waals surface area contributed by atoms with Crippen LogP contribution >= 0.6 is 0 Å². The zero-order chi connectivity index (χ0) is 22.4. The van der Waals surface area contributed by atoms with Gasteiger partial charge < -0.3 is 18.9 Å². The largest absolute Gasteiger partial charge is 0.427 e. The maximum Gasteiger partial charge on any atom is 0.346 e. The molecule has 2 rings (SSSR count). The standard InChI is InChI=1S/C21H18O9/c1-11-5-15(7-17(6-11)27-12(2)22)20(25)30-21(26)16-8-18(28-13(3)23)10-19(9-16)29-14(4)24/h5-10H,1-4H3. The maximum atomic E-state index is 12.4. The molecule has 156 valence electrons. The van der Waals surface area contributed by atoms with E-state index in [0.717, 1.165) is 26.0 Å². The monoisotopic (exact) mass is 414 g/mol. The van der Waals surface area contributed by atoms with E-state index >= 15 is 0 Å². The van der Waals surface area contributed by atoms with Crippen molar-refractivity contribution in [3.8, 4) is 17.2 Å². The third-order valence-electron chi connectivity index (χ3n) is 3.37. The number of aryl methyl sites for hydroxylation is 1. The summed E-state index contributed by atoms with van der Waals surface area (Å²) in [5.74, 6) is -4.00. The lowest BCUT2D eigenvalue weighted by atomic mass is 10.1. The minimum Gasteiger partial charge on any atom is -0.427 e. The zero-order valence-corrected chi connectivity index (χ0v) is 16.6. The number of carbonyl (C=O) groups excluding carboxylic acids is 5. The molecular weight excluding hydrogens is 396 g/mol. The van der Waals surface area contributed by atoms with Crippen molar-refractivity contribution in [2.75, 3.05) is 0 Å². The van der Waals surface area contributed by atoms with Crippen LogP contribution in [0.3, 0.4) is 0 Å². The molecule has 0 aliphatic heterocycles. The van der Waals surface area contributed by atoms with Crippen molar-refractivity contribution in [2.45, 2.75) is 27.7 Å². The van der Waals surface area contributed by atoms with E-state index in [1.54, 1.807) is 6.92 Å². The number of hydrogen-bond donors (Lipinski definition) is 0. The van der Waals surface area contributed by atoms with Crippen LogP contribution in [0.4, 0.5) is 0 Å². The predicted octanol–water partition coefficient (Wildman–Crippen LogP) is 2.77. The molecular formula is C21H18O9. The molecule has 9 nitrogen and oxygen atoms in total. The van der Waals surface area contributed by atoms with Crippen LogP contribution in [0, 0.1) is 6.92 Å². The minimum absolute atomic E-state index is 0.0176. The number of benzene rings is 2. The Morgan fingerprint density at radius 1 is 0.567 bits per heavy atom. The maximum absolute atomic E-state index is 12.4. The molecule has 0 radical (unpaired) electrons. The molecule has 30 heavy (non-hydrogen) atoms. The van der Waals surface area contributed by atoms with Crippen molar-refractivity contribution in [1.29, 1.82) is 0 Å². The first-order valence-corrected chi connectivity index (χ1v) is 8.62. The molecule has 0 saturated carbocycles. The molecule has 0 amide bonds. The molecule has 0 aliphatic rings. The molecule has 9 heteroatoms. The van der Waals surface area contributed by atoms with E-state index in [1.807, 2.05) is 0 Å². The molecule has 0 N–H and O–H groups in total. The lowest BCUT2D eigenvalue weighted by Gasteiger charge is -2.10. The second-order valence-corrected chi connectivity index (χ2v) is 6.19. The fourth-order valence-electron chi connectivity index (χ4n) is 2.43. The van der Waals surface area contributed by atoms with Gasteiger partial charge in [0, 0.05) is 26.8 Å². The van der Waals surface area contributed by atoms with Crippen molar-refractivity contribution >= 4 is 29.8 Å². The second-order valence-electron chi connectivity index (χ2n) is 6.19. The fraction of sp³-hybridized carbons (Fsp3) is 0.190. The van der Waals surface area contributed by atoms with Crippen LogP contribution in [-0.2, 0) is 19.1 Å². The lowest BCUT2D eigenvalue weighted by molar-refractivity contribution is -0.133. The van der Waals surface area contributed by atoms with Gasteiger partial charge in [-0.15, -0.1) is 0 Å².